The monoisotopic (exact) mass is 456 g/mol. The van der Waals surface area contributed by atoms with E-state index in [2.05, 4.69) is 57.3 Å². The third-order valence-electron chi connectivity index (χ3n) is 6.26. The number of nitrogens with zero attached hydrogens (tertiary/aromatic N) is 3. The Kier molecular flexibility index (Phi) is 6.68. The van der Waals surface area contributed by atoms with E-state index in [-0.39, 0.29) is 5.91 Å². The van der Waals surface area contributed by atoms with Gasteiger partial charge in [-0.25, -0.2) is 4.68 Å². The van der Waals surface area contributed by atoms with E-state index in [9.17, 15) is 4.79 Å². The number of benzene rings is 2. The number of hydrogen-bond acceptors (Lipinski definition) is 4. The van der Waals surface area contributed by atoms with Gasteiger partial charge in [0, 0.05) is 23.1 Å². The number of pyridine rings is 1. The van der Waals surface area contributed by atoms with Crippen LogP contribution in [0.15, 0.2) is 48.5 Å². The molecule has 1 amide bonds. The lowest BCUT2D eigenvalue weighted by atomic mass is 10.0. The lowest BCUT2D eigenvalue weighted by molar-refractivity contribution is -0.116. The van der Waals surface area contributed by atoms with E-state index in [0.29, 0.717) is 24.6 Å². The molecule has 0 radical (unpaired) electrons. The van der Waals surface area contributed by atoms with Crippen LogP contribution < -0.4 is 10.1 Å². The van der Waals surface area contributed by atoms with Gasteiger partial charge < -0.3 is 10.1 Å². The number of ether oxygens (including phenoxy) is 1. The molecule has 0 aliphatic carbocycles. The van der Waals surface area contributed by atoms with E-state index >= 15 is 0 Å². The van der Waals surface area contributed by atoms with Gasteiger partial charge in [-0.2, -0.15) is 10.1 Å². The number of methoxy groups -OCH3 is 1. The fourth-order valence-electron chi connectivity index (χ4n) is 4.27. The Morgan fingerprint density at radius 2 is 1.71 bits per heavy atom. The maximum absolute atomic E-state index is 12.7. The van der Waals surface area contributed by atoms with Crippen molar-refractivity contribution in [2.24, 2.45) is 0 Å². The highest BCUT2D eigenvalue weighted by atomic mass is 16.5. The Labute approximate surface area is 201 Å². The second-order valence-electron chi connectivity index (χ2n) is 9.08. The highest BCUT2D eigenvalue weighted by Gasteiger charge is 2.20. The fraction of sp³-hybridized carbons (Fsp3) is 0.321. The summed E-state index contributed by atoms with van der Waals surface area (Å²) in [7, 11) is 1.62. The largest absolute Gasteiger partial charge is 0.481 e. The van der Waals surface area contributed by atoms with Crippen LogP contribution >= 0.6 is 0 Å². The molecule has 0 saturated heterocycles. The number of nitrogens with one attached hydrogen (secondary N) is 1. The molecule has 4 aromatic rings. The van der Waals surface area contributed by atoms with Gasteiger partial charge in [0.2, 0.25) is 11.8 Å². The van der Waals surface area contributed by atoms with Gasteiger partial charge in [0.1, 0.15) is 0 Å². The zero-order valence-electron chi connectivity index (χ0n) is 20.8. The molecule has 2 aromatic heterocycles. The van der Waals surface area contributed by atoms with Crippen LogP contribution in [0.25, 0.3) is 16.7 Å². The lowest BCUT2D eigenvalue weighted by Gasteiger charge is -2.13. The van der Waals surface area contributed by atoms with E-state index in [1.807, 2.05) is 35.9 Å². The minimum Gasteiger partial charge on any atom is -0.481 e. The number of anilines is 1. The first kappa shape index (κ1) is 23.5. The van der Waals surface area contributed by atoms with E-state index in [1.54, 1.807) is 7.11 Å². The molecule has 2 heterocycles. The Morgan fingerprint density at radius 1 is 1.03 bits per heavy atom. The molecular formula is C28H32N4O2. The molecule has 0 aliphatic heterocycles. The van der Waals surface area contributed by atoms with Crippen molar-refractivity contribution in [2.45, 2.75) is 53.4 Å². The highest BCUT2D eigenvalue weighted by molar-refractivity contribution is 5.91. The molecule has 4 rings (SSSR count). The summed E-state index contributed by atoms with van der Waals surface area (Å²) in [5.41, 5.74) is 7.84. The number of aromatic nitrogens is 3. The first-order valence-electron chi connectivity index (χ1n) is 11.7. The van der Waals surface area contributed by atoms with Gasteiger partial charge >= 0.3 is 0 Å². The first-order valence-corrected chi connectivity index (χ1v) is 11.7. The van der Waals surface area contributed by atoms with Crippen molar-refractivity contribution in [2.75, 3.05) is 12.4 Å². The summed E-state index contributed by atoms with van der Waals surface area (Å²) in [6.07, 6.45) is 0.866. The molecule has 6 heteroatoms. The standard InChI is InChI=1S/C28H32N4O2/c1-17(2)21-9-11-22(12-10-21)29-25(33)16-15-24-19(4)26-20(5)31-32(27(26)30-28(24)34-6)23-13-7-18(3)8-14-23/h7-14,17H,15-16H2,1-6H3,(H,29,33). The van der Waals surface area contributed by atoms with Crippen molar-refractivity contribution in [1.29, 1.82) is 0 Å². The van der Waals surface area contributed by atoms with Gasteiger partial charge in [-0.15, -0.1) is 0 Å². The van der Waals surface area contributed by atoms with E-state index < -0.39 is 0 Å². The van der Waals surface area contributed by atoms with Crippen LogP contribution in [0.4, 0.5) is 5.69 Å². The molecule has 1 N–H and O–H groups in total. The summed E-state index contributed by atoms with van der Waals surface area (Å²) in [4.78, 5) is 17.5. The molecule has 0 aliphatic rings. The van der Waals surface area contributed by atoms with E-state index in [4.69, 9.17) is 14.8 Å². The average Bonchev–Trinajstić information content (AvgIpc) is 3.15. The minimum atomic E-state index is -0.0362. The first-order chi connectivity index (χ1) is 16.3. The average molecular weight is 457 g/mol. The van der Waals surface area contributed by atoms with Crippen LogP contribution in [0.1, 0.15) is 54.1 Å². The topological polar surface area (TPSA) is 69.0 Å². The molecule has 0 saturated carbocycles. The predicted molar refractivity (Wildman–Crippen MR) is 137 cm³/mol. The zero-order chi connectivity index (χ0) is 24.4. The zero-order valence-corrected chi connectivity index (χ0v) is 20.8. The van der Waals surface area contributed by atoms with Crippen LogP contribution in [-0.2, 0) is 11.2 Å². The summed E-state index contributed by atoms with van der Waals surface area (Å²) >= 11 is 0. The molecule has 0 fully saturated rings. The molecule has 0 spiro atoms. The number of fused-ring (bicyclic) bond motifs is 1. The van der Waals surface area contributed by atoms with Crippen molar-refractivity contribution < 1.29 is 9.53 Å². The van der Waals surface area contributed by atoms with Crippen molar-refractivity contribution in [1.82, 2.24) is 14.8 Å². The van der Waals surface area contributed by atoms with Gasteiger partial charge in [0.05, 0.1) is 18.5 Å². The van der Waals surface area contributed by atoms with Crippen LogP contribution in [0.2, 0.25) is 0 Å². The fourth-order valence-corrected chi connectivity index (χ4v) is 4.27. The van der Waals surface area contributed by atoms with Crippen LogP contribution in [0.3, 0.4) is 0 Å². The molecule has 0 bridgehead atoms. The minimum absolute atomic E-state index is 0.0362. The Morgan fingerprint density at radius 3 is 2.32 bits per heavy atom. The quantitative estimate of drug-likeness (QED) is 0.368. The number of amides is 1. The molecule has 34 heavy (non-hydrogen) atoms. The van der Waals surface area contributed by atoms with Crippen molar-refractivity contribution in [3.63, 3.8) is 0 Å². The summed E-state index contributed by atoms with van der Waals surface area (Å²) in [6.45, 7) is 10.4. The Hall–Kier alpha value is -3.67. The number of hydrogen-bond donors (Lipinski definition) is 1. The molecule has 0 atom stereocenters. The molecule has 176 valence electrons. The van der Waals surface area contributed by atoms with Crippen molar-refractivity contribution in [3.05, 3.63) is 76.5 Å². The third-order valence-corrected chi connectivity index (χ3v) is 6.26. The van der Waals surface area contributed by atoms with Gasteiger partial charge in [-0.05, 0) is 68.5 Å². The number of carbonyl (C=O) groups excluding carboxylic acids is 1. The van der Waals surface area contributed by atoms with Gasteiger partial charge in [-0.3, -0.25) is 4.79 Å². The lowest BCUT2D eigenvalue weighted by Crippen LogP contribution is -2.13. The van der Waals surface area contributed by atoms with Gasteiger partial charge in [0.25, 0.3) is 0 Å². The van der Waals surface area contributed by atoms with E-state index in [1.165, 1.54) is 11.1 Å². The molecular weight excluding hydrogens is 424 g/mol. The Bertz CT molecular complexity index is 1320. The van der Waals surface area contributed by atoms with Crippen molar-refractivity contribution >= 4 is 22.6 Å². The summed E-state index contributed by atoms with van der Waals surface area (Å²) < 4.78 is 7.51. The predicted octanol–water partition coefficient (Wildman–Crippen LogP) is 6.05. The maximum atomic E-state index is 12.7. The molecule has 2 aromatic carbocycles. The second-order valence-corrected chi connectivity index (χ2v) is 9.08. The third kappa shape index (κ3) is 4.67. The van der Waals surface area contributed by atoms with Gasteiger partial charge in [-0.1, -0.05) is 43.7 Å². The highest BCUT2D eigenvalue weighted by Crippen LogP contribution is 2.32. The van der Waals surface area contributed by atoms with Crippen LogP contribution in [0, 0.1) is 20.8 Å². The van der Waals surface area contributed by atoms with E-state index in [0.717, 1.165) is 39.2 Å². The smallest absolute Gasteiger partial charge is 0.224 e. The van der Waals surface area contributed by atoms with Crippen LogP contribution in [0.5, 0.6) is 5.88 Å². The number of rotatable bonds is 7. The summed E-state index contributed by atoms with van der Waals surface area (Å²) in [5.74, 6) is 0.958. The van der Waals surface area contributed by atoms with Crippen molar-refractivity contribution in [3.8, 4) is 11.6 Å². The van der Waals surface area contributed by atoms with Gasteiger partial charge in [0.15, 0.2) is 5.65 Å². The summed E-state index contributed by atoms with van der Waals surface area (Å²) in [5, 5.41) is 8.76. The number of carbonyl (C=O) groups is 1. The molecule has 0 unspecified atom stereocenters. The maximum Gasteiger partial charge on any atom is 0.224 e. The van der Waals surface area contributed by atoms with Crippen LogP contribution in [-0.4, -0.2) is 27.8 Å². The SMILES string of the molecule is COc1nc2c(c(C)nn2-c2ccc(C)cc2)c(C)c1CCC(=O)Nc1ccc(C(C)C)cc1. The number of aryl methyl sites for hydroxylation is 3. The summed E-state index contributed by atoms with van der Waals surface area (Å²) in [6, 6.07) is 16.2. The normalized spacial score (nSPS) is 11.3. The second kappa shape index (κ2) is 9.67. The molecule has 6 nitrogen and oxygen atoms in total. The Balaban J connectivity index is 1.59.